The van der Waals surface area contributed by atoms with Gasteiger partial charge in [-0.1, -0.05) is 59.7 Å². The minimum Gasteiger partial charge on any atom is -0.205 e. The van der Waals surface area contributed by atoms with Gasteiger partial charge in [0.25, 0.3) is 0 Å². The smallest absolute Gasteiger partial charge is 0.184 e. The van der Waals surface area contributed by atoms with Crippen LogP contribution in [-0.4, -0.2) is 0 Å². The van der Waals surface area contributed by atoms with Crippen LogP contribution in [0.5, 0.6) is 0 Å². The molecule has 0 aliphatic rings. The molecule has 0 saturated heterocycles. The second-order valence-corrected chi connectivity index (χ2v) is 7.23. The molecule has 0 N–H and O–H groups in total. The van der Waals surface area contributed by atoms with E-state index in [0.717, 1.165) is 0 Å². The van der Waals surface area contributed by atoms with E-state index in [2.05, 4.69) is 89.7 Å². The summed E-state index contributed by atoms with van der Waals surface area (Å²) < 4.78 is 2.24. The van der Waals surface area contributed by atoms with E-state index in [0.29, 0.717) is 17.8 Å². The van der Waals surface area contributed by atoms with Gasteiger partial charge < -0.3 is 0 Å². The molecule has 1 heterocycles. The third kappa shape index (κ3) is 3.24. The number of hydrogen-bond donors (Lipinski definition) is 0. The lowest BCUT2D eigenvalue weighted by Gasteiger charge is -2.20. The minimum atomic E-state index is 0.527. The summed E-state index contributed by atoms with van der Waals surface area (Å²) in [6.07, 6.45) is 2.20. The van der Waals surface area contributed by atoms with Crippen LogP contribution < -0.4 is 4.57 Å². The SMILES string of the molecule is CC(C)c1cccc(C(C)C)c1-c1cc[n+](C)c(C(C)C)c1. The van der Waals surface area contributed by atoms with E-state index >= 15 is 0 Å². The summed E-state index contributed by atoms with van der Waals surface area (Å²) in [5.74, 6) is 1.59. The zero-order valence-electron chi connectivity index (χ0n) is 15.1. The van der Waals surface area contributed by atoms with Gasteiger partial charge in [0, 0.05) is 18.1 Å². The van der Waals surface area contributed by atoms with Crippen LogP contribution in [0.3, 0.4) is 0 Å². The number of aryl methyl sites for hydroxylation is 1. The monoisotopic (exact) mass is 296 g/mol. The van der Waals surface area contributed by atoms with E-state index < -0.39 is 0 Å². The van der Waals surface area contributed by atoms with Crippen molar-refractivity contribution in [1.82, 2.24) is 0 Å². The van der Waals surface area contributed by atoms with Crippen molar-refractivity contribution in [2.24, 2.45) is 7.05 Å². The van der Waals surface area contributed by atoms with Gasteiger partial charge in [-0.25, -0.2) is 4.57 Å². The van der Waals surface area contributed by atoms with Gasteiger partial charge in [-0.2, -0.15) is 0 Å². The summed E-state index contributed by atoms with van der Waals surface area (Å²) in [5, 5.41) is 0. The highest BCUT2D eigenvalue weighted by atomic mass is 14.9. The van der Waals surface area contributed by atoms with Crippen LogP contribution in [0.25, 0.3) is 11.1 Å². The molecule has 0 fully saturated rings. The van der Waals surface area contributed by atoms with Gasteiger partial charge in [-0.15, -0.1) is 0 Å². The van der Waals surface area contributed by atoms with Crippen molar-refractivity contribution in [2.45, 2.75) is 59.3 Å². The van der Waals surface area contributed by atoms with Gasteiger partial charge in [0.05, 0.1) is 0 Å². The zero-order chi connectivity index (χ0) is 16.4. The molecular formula is C21H30N+. The summed E-state index contributed by atoms with van der Waals surface area (Å²) in [4.78, 5) is 0. The van der Waals surface area contributed by atoms with Crippen molar-refractivity contribution in [3.05, 3.63) is 53.3 Å². The Morgan fingerprint density at radius 2 is 1.32 bits per heavy atom. The number of hydrogen-bond acceptors (Lipinski definition) is 0. The van der Waals surface area contributed by atoms with Crippen molar-refractivity contribution in [2.75, 3.05) is 0 Å². The Hall–Kier alpha value is -1.63. The summed E-state index contributed by atoms with van der Waals surface area (Å²) in [5.41, 5.74) is 7.08. The highest BCUT2D eigenvalue weighted by Crippen LogP contribution is 2.36. The molecule has 0 radical (unpaired) electrons. The normalized spacial score (nSPS) is 11.7. The Bertz CT molecular complexity index is 625. The van der Waals surface area contributed by atoms with Gasteiger partial charge in [-0.3, -0.25) is 0 Å². The van der Waals surface area contributed by atoms with Gasteiger partial charge in [0.2, 0.25) is 0 Å². The lowest BCUT2D eigenvalue weighted by molar-refractivity contribution is -0.680. The molecule has 0 amide bonds. The number of rotatable bonds is 4. The van der Waals surface area contributed by atoms with Crippen molar-refractivity contribution in [3.63, 3.8) is 0 Å². The zero-order valence-corrected chi connectivity index (χ0v) is 15.1. The predicted molar refractivity (Wildman–Crippen MR) is 95.3 cm³/mol. The molecule has 118 valence electrons. The molecular weight excluding hydrogens is 266 g/mol. The van der Waals surface area contributed by atoms with Gasteiger partial charge >= 0.3 is 0 Å². The molecule has 1 nitrogen and oxygen atoms in total. The van der Waals surface area contributed by atoms with Crippen LogP contribution >= 0.6 is 0 Å². The van der Waals surface area contributed by atoms with Crippen LogP contribution in [0.15, 0.2) is 36.5 Å². The first-order chi connectivity index (χ1) is 10.3. The summed E-state index contributed by atoms with van der Waals surface area (Å²) in [6.45, 7) is 13.7. The first-order valence-corrected chi connectivity index (χ1v) is 8.45. The standard InChI is InChI=1S/C21H30N/c1-14(2)18-9-8-10-19(15(3)4)21(18)17-11-12-22(7)20(13-17)16(5)6/h8-16H,1-7H3/q+1. The van der Waals surface area contributed by atoms with Crippen molar-refractivity contribution in [1.29, 1.82) is 0 Å². The highest BCUT2D eigenvalue weighted by Gasteiger charge is 2.19. The highest BCUT2D eigenvalue weighted by molar-refractivity contribution is 5.72. The fraction of sp³-hybridized carbons (Fsp3) is 0.476. The van der Waals surface area contributed by atoms with E-state index in [9.17, 15) is 0 Å². The molecule has 2 aromatic rings. The number of pyridine rings is 1. The fourth-order valence-corrected chi connectivity index (χ4v) is 3.20. The van der Waals surface area contributed by atoms with Crippen LogP contribution in [0.1, 0.15) is 76.1 Å². The molecule has 0 aliphatic heterocycles. The maximum Gasteiger partial charge on any atom is 0.184 e. The Balaban J connectivity index is 2.73. The number of benzene rings is 1. The second-order valence-electron chi connectivity index (χ2n) is 7.23. The molecule has 1 aromatic carbocycles. The Labute approximate surface area is 136 Å². The molecule has 2 rings (SSSR count). The number of aromatic nitrogens is 1. The third-order valence-electron chi connectivity index (χ3n) is 4.44. The lowest BCUT2D eigenvalue weighted by Crippen LogP contribution is -2.33. The molecule has 1 aromatic heterocycles. The molecule has 0 saturated carbocycles. The molecule has 0 spiro atoms. The lowest BCUT2D eigenvalue weighted by atomic mass is 9.85. The van der Waals surface area contributed by atoms with Crippen LogP contribution in [-0.2, 0) is 7.05 Å². The first kappa shape index (κ1) is 16.7. The van der Waals surface area contributed by atoms with E-state index in [4.69, 9.17) is 0 Å². The Morgan fingerprint density at radius 1 is 0.773 bits per heavy atom. The first-order valence-electron chi connectivity index (χ1n) is 8.45. The molecule has 0 aliphatic carbocycles. The molecule has 0 atom stereocenters. The largest absolute Gasteiger partial charge is 0.205 e. The number of nitrogens with zero attached hydrogens (tertiary/aromatic N) is 1. The summed E-state index contributed by atoms with van der Waals surface area (Å²) in [7, 11) is 2.14. The average Bonchev–Trinajstić information content (AvgIpc) is 2.46. The quantitative estimate of drug-likeness (QED) is 0.651. The molecule has 22 heavy (non-hydrogen) atoms. The van der Waals surface area contributed by atoms with Crippen molar-refractivity contribution < 1.29 is 4.57 Å². The van der Waals surface area contributed by atoms with Crippen LogP contribution in [0, 0.1) is 0 Å². The van der Waals surface area contributed by atoms with Gasteiger partial charge in [-0.05, 0) is 34.1 Å². The van der Waals surface area contributed by atoms with E-state index in [1.807, 2.05) is 0 Å². The van der Waals surface area contributed by atoms with Crippen LogP contribution in [0.4, 0.5) is 0 Å². The van der Waals surface area contributed by atoms with Crippen molar-refractivity contribution >= 4 is 0 Å². The minimum absolute atomic E-state index is 0.527. The molecule has 0 bridgehead atoms. The van der Waals surface area contributed by atoms with E-state index in [1.54, 1.807) is 0 Å². The van der Waals surface area contributed by atoms with Gasteiger partial charge in [0.15, 0.2) is 11.9 Å². The Morgan fingerprint density at radius 3 is 1.77 bits per heavy atom. The maximum absolute atomic E-state index is 2.37. The maximum atomic E-state index is 2.37. The van der Waals surface area contributed by atoms with Gasteiger partial charge in [0.1, 0.15) is 7.05 Å². The van der Waals surface area contributed by atoms with Crippen molar-refractivity contribution in [3.8, 4) is 11.1 Å². The average molecular weight is 296 g/mol. The Kier molecular flexibility index (Phi) is 5.05. The van der Waals surface area contributed by atoms with Crippen LogP contribution in [0.2, 0.25) is 0 Å². The topological polar surface area (TPSA) is 3.88 Å². The molecule has 1 heteroatoms. The predicted octanol–water partition coefficient (Wildman–Crippen LogP) is 5.55. The second kappa shape index (κ2) is 6.64. The molecule has 0 unspecified atom stereocenters. The summed E-state index contributed by atoms with van der Waals surface area (Å²) >= 11 is 0. The fourth-order valence-electron chi connectivity index (χ4n) is 3.20. The van der Waals surface area contributed by atoms with E-state index in [-0.39, 0.29) is 0 Å². The third-order valence-corrected chi connectivity index (χ3v) is 4.44. The summed E-state index contributed by atoms with van der Waals surface area (Å²) in [6, 6.07) is 11.4. The van der Waals surface area contributed by atoms with E-state index in [1.165, 1.54) is 27.9 Å².